The van der Waals surface area contributed by atoms with Gasteiger partial charge in [-0.15, -0.1) is 0 Å². The van der Waals surface area contributed by atoms with E-state index in [1.54, 1.807) is 0 Å². The lowest BCUT2D eigenvalue weighted by atomic mass is 10.9. The first-order valence-corrected chi connectivity index (χ1v) is 1.82. The molecule has 0 unspecified atom stereocenters. The molecule has 0 heterocycles. The summed E-state index contributed by atoms with van der Waals surface area (Å²) >= 11 is 0. The highest BCUT2D eigenvalue weighted by atomic mass is 16.4. The molecule has 0 aliphatic heterocycles. The Hall–Kier alpha value is -1.26. The molecule has 0 N–H and O–H groups in total. The maximum Gasteiger partial charge on any atom is 2.00 e. The van der Waals surface area contributed by atoms with Crippen molar-refractivity contribution in [2.75, 3.05) is 0 Å². The van der Waals surface area contributed by atoms with Gasteiger partial charge >= 0.3 is 6.15 Å². The van der Waals surface area contributed by atoms with Gasteiger partial charge in [-0.25, -0.2) is 0 Å². The fourth-order valence-electron chi connectivity index (χ4n) is 0. The van der Waals surface area contributed by atoms with Crippen LogP contribution in [0.2, 0.25) is 0 Å². The predicted octanol–water partition coefficient (Wildman–Crippen LogP) is -2.97. The molecule has 0 spiro atoms. The van der Waals surface area contributed by atoms with Crippen LogP contribution < -0.4 is 16.4 Å². The van der Waals surface area contributed by atoms with Crippen LogP contribution in [0.25, 0.3) is 0 Å². The highest BCUT2D eigenvalue weighted by molar-refractivity contribution is 5.60. The van der Waals surface area contributed by atoms with Crippen molar-refractivity contribution in [3.05, 3.63) is 0 Å². The second kappa shape index (κ2) is 9.88. The number of carbonyl (C=O) groups is 2. The molecule has 0 aromatic carbocycles. The topological polar surface area (TPSA) is 111 Å². The first-order valence-electron chi connectivity index (χ1n) is 1.82. The van der Waals surface area contributed by atoms with E-state index in [2.05, 4.69) is 0 Å². The maximum absolute atomic E-state index is 8.89. The second-order valence-electron chi connectivity index (χ2n) is 0.983. The molecular weight excluding hydrogens is 126 g/mol. The molecule has 0 rings (SSSR count). The Bertz CT molecular complexity index is 70.6. The third-order valence-electron chi connectivity index (χ3n) is 0. The Labute approximate surface area is 52.9 Å². The molecule has 0 fully saturated rings. The summed E-state index contributed by atoms with van der Waals surface area (Å²) in [5, 5.41) is 17.8. The van der Waals surface area contributed by atoms with Crippen LogP contribution in [0.3, 0.4) is 0 Å². The number of aliphatic carboxylic acids is 2. The van der Waals surface area contributed by atoms with Gasteiger partial charge in [0.25, 0.3) is 0 Å². The van der Waals surface area contributed by atoms with Gasteiger partial charge < -0.3 is 19.8 Å². The van der Waals surface area contributed by atoms with E-state index in [1.807, 2.05) is 0 Å². The standard InChI is InChI=1S/2C2H4O2.N/c2*1-2(3)4;/h2*1H3,(H,3,4);/q;;+2/p-2. The van der Waals surface area contributed by atoms with E-state index in [4.69, 9.17) is 19.8 Å². The molecular formula is C4H6NO4. The van der Waals surface area contributed by atoms with E-state index in [-0.39, 0.29) is 6.15 Å². The Kier molecular flexibility index (Phi) is 17.2. The molecule has 0 amide bonds. The zero-order valence-corrected chi connectivity index (χ0v) is 5.08. The van der Waals surface area contributed by atoms with Crippen molar-refractivity contribution < 1.29 is 19.8 Å². The van der Waals surface area contributed by atoms with Gasteiger partial charge in [-0.3, -0.25) is 0 Å². The van der Waals surface area contributed by atoms with Crippen LogP contribution in [0.15, 0.2) is 0 Å². The molecule has 0 bridgehead atoms. The zero-order valence-electron chi connectivity index (χ0n) is 5.08. The van der Waals surface area contributed by atoms with Crippen LogP contribution in [-0.4, -0.2) is 11.9 Å². The van der Waals surface area contributed by atoms with Crippen molar-refractivity contribution >= 4 is 11.9 Å². The minimum absolute atomic E-state index is 0. The summed E-state index contributed by atoms with van der Waals surface area (Å²) in [5.41, 5.74) is 0. The lowest BCUT2D eigenvalue weighted by Gasteiger charge is -1.77. The monoisotopic (exact) mass is 132 g/mol. The molecule has 0 aromatic rings. The van der Waals surface area contributed by atoms with Gasteiger partial charge in [-0.1, -0.05) is 0 Å². The average molecular weight is 132 g/mol. The van der Waals surface area contributed by atoms with Crippen LogP contribution >= 0.6 is 0 Å². The number of rotatable bonds is 0. The summed E-state index contributed by atoms with van der Waals surface area (Å²) in [7, 11) is 0. The van der Waals surface area contributed by atoms with Crippen molar-refractivity contribution in [3.63, 3.8) is 0 Å². The van der Waals surface area contributed by atoms with Crippen molar-refractivity contribution in [1.29, 1.82) is 0 Å². The molecule has 5 heteroatoms. The van der Waals surface area contributed by atoms with Gasteiger partial charge in [0.2, 0.25) is 0 Å². The number of nitrogens with zero attached hydrogens (tertiary/aromatic N) is 1. The highest BCUT2D eigenvalue weighted by Gasteiger charge is 2.00. The van der Waals surface area contributed by atoms with Crippen molar-refractivity contribution in [2.24, 2.45) is 0 Å². The minimum atomic E-state index is -1.08. The average Bonchev–Trinajstić information content (AvgIpc) is 1.25. The highest BCUT2D eigenvalue weighted by Crippen LogP contribution is 1.31. The number of carboxylic acids is 2. The maximum atomic E-state index is 8.89. The molecule has 9 heavy (non-hydrogen) atoms. The van der Waals surface area contributed by atoms with Gasteiger partial charge in [-0.2, -0.15) is 0 Å². The van der Waals surface area contributed by atoms with Crippen LogP contribution in [0.4, 0.5) is 0 Å². The summed E-state index contributed by atoms with van der Waals surface area (Å²) in [6, 6.07) is 0. The number of carboxylic acid groups (broad SMARTS) is 2. The lowest BCUT2D eigenvalue weighted by molar-refractivity contribution is -0.303. The number of hydrogen-bond acceptors (Lipinski definition) is 4. The van der Waals surface area contributed by atoms with E-state index in [9.17, 15) is 0 Å². The SMILES string of the molecule is CC(=O)[O-].CC(=O)[O-].[N+2]. The van der Waals surface area contributed by atoms with Crippen LogP contribution in [0, 0.1) is 0 Å². The second-order valence-corrected chi connectivity index (χ2v) is 0.983. The first-order chi connectivity index (χ1) is 3.46. The minimum Gasteiger partial charge on any atom is -0.550 e. The van der Waals surface area contributed by atoms with Gasteiger partial charge in [-0.05, 0) is 13.8 Å². The van der Waals surface area contributed by atoms with Crippen molar-refractivity contribution in [2.45, 2.75) is 13.8 Å². The van der Waals surface area contributed by atoms with Gasteiger partial charge in [0.05, 0.1) is 0 Å². The Morgan fingerprint density at radius 1 is 1.00 bits per heavy atom. The molecule has 5 nitrogen and oxygen atoms in total. The third-order valence-corrected chi connectivity index (χ3v) is 0. The third kappa shape index (κ3) is 95.4. The fraction of sp³-hybridized carbons (Fsp3) is 0.500. The van der Waals surface area contributed by atoms with E-state index >= 15 is 0 Å². The van der Waals surface area contributed by atoms with E-state index in [0.29, 0.717) is 0 Å². The normalized spacial score (nSPS) is 5.56. The molecule has 0 aliphatic carbocycles. The molecule has 3 radical (unpaired) electrons. The first kappa shape index (κ1) is 15.6. The molecule has 0 aliphatic rings. The number of hydrogen-bond donors (Lipinski definition) is 0. The van der Waals surface area contributed by atoms with Gasteiger partial charge in [0.15, 0.2) is 0 Å². The van der Waals surface area contributed by atoms with Crippen LogP contribution in [0.1, 0.15) is 13.8 Å². The van der Waals surface area contributed by atoms with E-state index < -0.39 is 11.9 Å². The largest absolute Gasteiger partial charge is 2.00 e. The smallest absolute Gasteiger partial charge is 0.550 e. The summed E-state index contributed by atoms with van der Waals surface area (Å²) in [5.74, 6) is -2.17. The van der Waals surface area contributed by atoms with Gasteiger partial charge in [0.1, 0.15) is 0 Å². The molecule has 0 atom stereocenters. The molecule has 0 saturated heterocycles. The van der Waals surface area contributed by atoms with E-state index in [1.165, 1.54) is 0 Å². The summed E-state index contributed by atoms with van der Waals surface area (Å²) < 4.78 is 0. The van der Waals surface area contributed by atoms with Gasteiger partial charge in [0, 0.05) is 11.9 Å². The van der Waals surface area contributed by atoms with Crippen LogP contribution in [0.5, 0.6) is 0 Å². The summed E-state index contributed by atoms with van der Waals surface area (Å²) in [6.45, 7) is 1.94. The lowest BCUT2D eigenvalue weighted by Crippen LogP contribution is -2.16. The Morgan fingerprint density at radius 3 is 1.00 bits per heavy atom. The molecule has 51 valence electrons. The molecule has 0 aromatic heterocycles. The van der Waals surface area contributed by atoms with Crippen molar-refractivity contribution in [1.82, 2.24) is 6.15 Å². The quantitative estimate of drug-likeness (QED) is 0.350. The Balaban J connectivity index is -0.0000000720. The fourth-order valence-corrected chi connectivity index (χ4v) is 0. The summed E-state index contributed by atoms with van der Waals surface area (Å²) in [6.07, 6.45) is 0. The Morgan fingerprint density at radius 2 is 1.00 bits per heavy atom. The van der Waals surface area contributed by atoms with E-state index in [0.717, 1.165) is 13.8 Å². The predicted molar refractivity (Wildman–Crippen MR) is 23.5 cm³/mol. The molecule has 0 saturated carbocycles. The van der Waals surface area contributed by atoms with Crippen molar-refractivity contribution in [3.8, 4) is 0 Å². The number of carbonyl (C=O) groups excluding carboxylic acids is 2. The zero-order chi connectivity index (χ0) is 7.15. The van der Waals surface area contributed by atoms with Crippen LogP contribution in [-0.2, 0) is 9.59 Å². The summed E-state index contributed by atoms with van der Waals surface area (Å²) in [4.78, 5) is 17.8.